The zero-order valence-corrected chi connectivity index (χ0v) is 9.77. The van der Waals surface area contributed by atoms with E-state index in [0.717, 1.165) is 10.9 Å². The minimum atomic E-state index is -0.0190. The molecule has 0 aliphatic carbocycles. The Balaban J connectivity index is 2.69. The van der Waals surface area contributed by atoms with Crippen molar-refractivity contribution in [3.63, 3.8) is 0 Å². The van der Waals surface area contributed by atoms with Gasteiger partial charge in [0.15, 0.2) is 11.3 Å². The van der Waals surface area contributed by atoms with Gasteiger partial charge in [0.1, 0.15) is 0 Å². The molecular weight excluding hydrogens is 220 g/mol. The van der Waals surface area contributed by atoms with Gasteiger partial charge >= 0.3 is 0 Å². The van der Waals surface area contributed by atoms with E-state index in [-0.39, 0.29) is 6.61 Å². The molecule has 0 bridgehead atoms. The summed E-state index contributed by atoms with van der Waals surface area (Å²) >= 11 is 0. The van der Waals surface area contributed by atoms with E-state index < -0.39 is 0 Å². The number of methoxy groups -OCH3 is 2. The van der Waals surface area contributed by atoms with Crippen molar-refractivity contribution in [3.05, 3.63) is 30.0 Å². The predicted molar refractivity (Wildman–Crippen MR) is 65.4 cm³/mol. The van der Waals surface area contributed by atoms with Crippen LogP contribution in [0.2, 0.25) is 0 Å². The summed E-state index contributed by atoms with van der Waals surface area (Å²) in [5, 5.41) is 9.74. The highest BCUT2D eigenvalue weighted by Crippen LogP contribution is 2.39. The van der Waals surface area contributed by atoms with Crippen LogP contribution in [0, 0.1) is 0 Å². The minimum absolute atomic E-state index is 0.0190. The molecule has 0 aliphatic heterocycles. The minimum Gasteiger partial charge on any atom is -0.492 e. The second-order valence-corrected chi connectivity index (χ2v) is 3.46. The summed E-state index contributed by atoms with van der Waals surface area (Å²) in [6, 6.07) is 3.78. The molecule has 0 fully saturated rings. The summed E-state index contributed by atoms with van der Waals surface area (Å²) in [5.74, 6) is 1.16. The fourth-order valence-corrected chi connectivity index (χ4v) is 1.78. The molecule has 1 aromatic carbocycles. The molecule has 90 valence electrons. The first-order valence-corrected chi connectivity index (χ1v) is 5.21. The first kappa shape index (κ1) is 11.5. The molecule has 2 aromatic rings. The molecule has 0 atom stereocenters. The van der Waals surface area contributed by atoms with Crippen molar-refractivity contribution in [2.24, 2.45) is 0 Å². The van der Waals surface area contributed by atoms with Crippen LogP contribution in [0.5, 0.6) is 11.5 Å². The number of rotatable bonds is 4. The Labute approximate surface area is 99.1 Å². The average Bonchev–Trinajstić information content (AvgIpc) is 2.81. The number of hydrogen-bond donors (Lipinski definition) is 1. The van der Waals surface area contributed by atoms with Gasteiger partial charge in [-0.3, -0.25) is 0 Å². The largest absolute Gasteiger partial charge is 0.492 e. The Morgan fingerprint density at radius 3 is 2.71 bits per heavy atom. The third-order valence-electron chi connectivity index (χ3n) is 2.49. The molecule has 1 heterocycles. The maximum Gasteiger partial charge on any atom is 0.205 e. The van der Waals surface area contributed by atoms with E-state index in [2.05, 4.69) is 0 Å². The Kier molecular flexibility index (Phi) is 3.35. The first-order chi connectivity index (χ1) is 8.31. The summed E-state index contributed by atoms with van der Waals surface area (Å²) in [6.07, 6.45) is 5.03. The molecule has 2 rings (SSSR count). The van der Waals surface area contributed by atoms with Crippen LogP contribution in [0.1, 0.15) is 5.56 Å². The van der Waals surface area contributed by atoms with Crippen LogP contribution in [0.15, 0.2) is 28.9 Å². The fraction of sp³-hybridized carbons (Fsp3) is 0.231. The standard InChI is InChI=1S/C13H14O4/c1-15-11-9(4-3-6-14)8-10-5-7-17-12(10)13(11)16-2/h3-5,7-8,14H,6H2,1-2H3/b4-3-. The molecule has 0 saturated heterocycles. The number of ether oxygens (including phenoxy) is 2. The zero-order chi connectivity index (χ0) is 12.3. The van der Waals surface area contributed by atoms with Crippen molar-refractivity contribution in [2.75, 3.05) is 20.8 Å². The van der Waals surface area contributed by atoms with Gasteiger partial charge in [-0.1, -0.05) is 12.2 Å². The molecule has 0 saturated carbocycles. The average molecular weight is 234 g/mol. The highest BCUT2D eigenvalue weighted by molar-refractivity contribution is 5.89. The van der Waals surface area contributed by atoms with Crippen LogP contribution in [0.4, 0.5) is 0 Å². The number of benzene rings is 1. The molecule has 1 aromatic heterocycles. The SMILES string of the molecule is COc1c(/C=C\CO)cc2ccoc2c1OC. The van der Waals surface area contributed by atoms with Gasteiger partial charge in [0.25, 0.3) is 0 Å². The molecule has 1 N–H and O–H groups in total. The van der Waals surface area contributed by atoms with Crippen LogP contribution in [-0.4, -0.2) is 25.9 Å². The lowest BCUT2D eigenvalue weighted by atomic mass is 10.1. The maximum atomic E-state index is 8.81. The van der Waals surface area contributed by atoms with Gasteiger partial charge in [0.05, 0.1) is 27.1 Å². The summed E-state index contributed by atoms with van der Waals surface area (Å²) in [4.78, 5) is 0. The van der Waals surface area contributed by atoms with Crippen molar-refractivity contribution in [3.8, 4) is 11.5 Å². The van der Waals surface area contributed by atoms with E-state index in [0.29, 0.717) is 17.1 Å². The van der Waals surface area contributed by atoms with E-state index >= 15 is 0 Å². The monoisotopic (exact) mass is 234 g/mol. The molecular formula is C13H14O4. The maximum absolute atomic E-state index is 8.81. The molecule has 0 radical (unpaired) electrons. The molecule has 17 heavy (non-hydrogen) atoms. The van der Waals surface area contributed by atoms with Crippen molar-refractivity contribution in [2.45, 2.75) is 0 Å². The van der Waals surface area contributed by atoms with E-state index in [1.807, 2.05) is 12.1 Å². The van der Waals surface area contributed by atoms with E-state index in [1.165, 1.54) is 0 Å². The number of aliphatic hydroxyl groups is 1. The second kappa shape index (κ2) is 4.93. The third-order valence-corrected chi connectivity index (χ3v) is 2.49. The van der Waals surface area contributed by atoms with Gasteiger partial charge in [-0.15, -0.1) is 0 Å². The van der Waals surface area contributed by atoms with Gasteiger partial charge in [0, 0.05) is 10.9 Å². The topological polar surface area (TPSA) is 51.8 Å². The summed E-state index contributed by atoms with van der Waals surface area (Å²) in [5.41, 5.74) is 1.50. The van der Waals surface area contributed by atoms with Crippen LogP contribution >= 0.6 is 0 Å². The quantitative estimate of drug-likeness (QED) is 0.882. The lowest BCUT2D eigenvalue weighted by molar-refractivity contribution is 0.343. The highest BCUT2D eigenvalue weighted by Gasteiger charge is 2.15. The van der Waals surface area contributed by atoms with Crippen LogP contribution in [-0.2, 0) is 0 Å². The number of fused-ring (bicyclic) bond motifs is 1. The van der Waals surface area contributed by atoms with E-state index in [9.17, 15) is 0 Å². The van der Waals surface area contributed by atoms with E-state index in [4.69, 9.17) is 19.0 Å². The molecule has 0 unspecified atom stereocenters. The number of hydrogen-bond acceptors (Lipinski definition) is 4. The molecule has 4 heteroatoms. The van der Waals surface area contributed by atoms with Gasteiger partial charge in [-0.05, 0) is 12.1 Å². The zero-order valence-electron chi connectivity index (χ0n) is 9.77. The van der Waals surface area contributed by atoms with Gasteiger partial charge in [-0.2, -0.15) is 0 Å². The van der Waals surface area contributed by atoms with Crippen molar-refractivity contribution < 1.29 is 19.0 Å². The normalized spacial score (nSPS) is 11.2. The van der Waals surface area contributed by atoms with Crippen LogP contribution in [0.25, 0.3) is 17.0 Å². The molecule has 4 nitrogen and oxygen atoms in total. The molecule has 0 spiro atoms. The fourth-order valence-electron chi connectivity index (χ4n) is 1.78. The Hall–Kier alpha value is -1.94. The first-order valence-electron chi connectivity index (χ1n) is 5.21. The van der Waals surface area contributed by atoms with Crippen molar-refractivity contribution >= 4 is 17.0 Å². The molecule has 0 aliphatic rings. The third kappa shape index (κ3) is 1.99. The summed E-state index contributed by atoms with van der Waals surface area (Å²) in [6.45, 7) is -0.0190. The lowest BCUT2D eigenvalue weighted by Crippen LogP contribution is -1.93. The van der Waals surface area contributed by atoms with Crippen molar-refractivity contribution in [1.82, 2.24) is 0 Å². The van der Waals surface area contributed by atoms with Crippen LogP contribution < -0.4 is 9.47 Å². The second-order valence-electron chi connectivity index (χ2n) is 3.46. The smallest absolute Gasteiger partial charge is 0.205 e. The van der Waals surface area contributed by atoms with Gasteiger partial charge < -0.3 is 19.0 Å². The highest BCUT2D eigenvalue weighted by atomic mass is 16.5. The molecule has 0 amide bonds. The number of furan rings is 1. The van der Waals surface area contributed by atoms with Gasteiger partial charge in [-0.25, -0.2) is 0 Å². The Morgan fingerprint density at radius 2 is 2.06 bits per heavy atom. The van der Waals surface area contributed by atoms with Gasteiger partial charge in [0.2, 0.25) is 5.75 Å². The predicted octanol–water partition coefficient (Wildman–Crippen LogP) is 2.46. The Morgan fingerprint density at radius 1 is 1.29 bits per heavy atom. The Bertz CT molecular complexity index is 540. The summed E-state index contributed by atoms with van der Waals surface area (Å²) in [7, 11) is 3.14. The summed E-state index contributed by atoms with van der Waals surface area (Å²) < 4.78 is 16.0. The van der Waals surface area contributed by atoms with E-state index in [1.54, 1.807) is 32.6 Å². The van der Waals surface area contributed by atoms with Crippen LogP contribution in [0.3, 0.4) is 0 Å². The van der Waals surface area contributed by atoms with Crippen molar-refractivity contribution in [1.29, 1.82) is 0 Å². The number of aliphatic hydroxyl groups excluding tert-OH is 1. The lowest BCUT2D eigenvalue weighted by Gasteiger charge is -2.10.